The highest BCUT2D eigenvalue weighted by molar-refractivity contribution is 7.91. The molecule has 6 nitrogen and oxygen atoms in total. The number of rotatable bonds is 5. The first-order chi connectivity index (χ1) is 11.6. The quantitative estimate of drug-likeness (QED) is 0.736. The van der Waals surface area contributed by atoms with Crippen LogP contribution in [0.2, 0.25) is 0 Å². The molecule has 2 rings (SSSR count). The summed E-state index contributed by atoms with van der Waals surface area (Å²) in [6, 6.07) is 5.39. The monoisotopic (exact) mass is 367 g/mol. The highest BCUT2D eigenvalue weighted by atomic mass is 32.2. The van der Waals surface area contributed by atoms with E-state index in [1.54, 1.807) is 7.05 Å². The SMILES string of the molecule is Cc1ccc(CC(=O)O[C@@H](C)C(=O)N(C)[C@H]2CCS(=O)(=O)C2)cc1C. The van der Waals surface area contributed by atoms with Gasteiger partial charge in [-0.05, 0) is 43.9 Å². The molecule has 0 bridgehead atoms. The van der Waals surface area contributed by atoms with Crippen molar-refractivity contribution in [1.82, 2.24) is 4.90 Å². The number of nitrogens with zero attached hydrogens (tertiary/aromatic N) is 1. The van der Waals surface area contributed by atoms with Gasteiger partial charge in [0.2, 0.25) is 0 Å². The number of amides is 1. The molecule has 7 heteroatoms. The third-order valence-corrected chi connectivity index (χ3v) is 6.43. The molecule has 1 saturated heterocycles. The van der Waals surface area contributed by atoms with E-state index < -0.39 is 21.9 Å². The molecule has 25 heavy (non-hydrogen) atoms. The number of sulfone groups is 1. The molecule has 0 unspecified atom stereocenters. The van der Waals surface area contributed by atoms with E-state index in [1.807, 2.05) is 32.0 Å². The van der Waals surface area contributed by atoms with E-state index >= 15 is 0 Å². The third kappa shape index (κ3) is 5.04. The molecule has 1 aromatic carbocycles. The first kappa shape index (κ1) is 19.4. The second kappa shape index (κ2) is 7.56. The number of hydrogen-bond acceptors (Lipinski definition) is 5. The number of carbonyl (C=O) groups excluding carboxylic acids is 2. The van der Waals surface area contributed by atoms with Gasteiger partial charge < -0.3 is 9.64 Å². The molecular weight excluding hydrogens is 342 g/mol. The predicted octanol–water partition coefficient (Wildman–Crippen LogP) is 1.42. The summed E-state index contributed by atoms with van der Waals surface area (Å²) in [6.07, 6.45) is -0.416. The highest BCUT2D eigenvalue weighted by Gasteiger charge is 2.34. The number of likely N-dealkylation sites (N-methyl/N-ethyl adjacent to an activating group) is 1. The van der Waals surface area contributed by atoms with Crippen LogP contribution >= 0.6 is 0 Å². The molecule has 138 valence electrons. The van der Waals surface area contributed by atoms with Crippen molar-refractivity contribution in [2.24, 2.45) is 0 Å². The van der Waals surface area contributed by atoms with E-state index in [9.17, 15) is 18.0 Å². The molecule has 0 aliphatic carbocycles. The summed E-state index contributed by atoms with van der Waals surface area (Å²) in [5.74, 6) is -0.790. The smallest absolute Gasteiger partial charge is 0.311 e. The minimum Gasteiger partial charge on any atom is -0.452 e. The Balaban J connectivity index is 1.91. The maximum Gasteiger partial charge on any atom is 0.311 e. The van der Waals surface area contributed by atoms with Crippen LogP contribution in [-0.4, -0.2) is 55.9 Å². The van der Waals surface area contributed by atoms with E-state index in [4.69, 9.17) is 4.74 Å². The molecule has 0 spiro atoms. The molecule has 0 aromatic heterocycles. The van der Waals surface area contributed by atoms with Crippen molar-refractivity contribution in [3.63, 3.8) is 0 Å². The van der Waals surface area contributed by atoms with Crippen LogP contribution in [0, 0.1) is 13.8 Å². The highest BCUT2D eigenvalue weighted by Crippen LogP contribution is 2.18. The lowest BCUT2D eigenvalue weighted by Crippen LogP contribution is -2.44. The van der Waals surface area contributed by atoms with Crippen molar-refractivity contribution in [3.05, 3.63) is 34.9 Å². The van der Waals surface area contributed by atoms with Gasteiger partial charge in [-0.2, -0.15) is 0 Å². The minimum atomic E-state index is -3.07. The van der Waals surface area contributed by atoms with E-state index in [1.165, 1.54) is 11.8 Å². The summed E-state index contributed by atoms with van der Waals surface area (Å²) >= 11 is 0. The topological polar surface area (TPSA) is 80.8 Å². The zero-order chi connectivity index (χ0) is 18.8. The number of benzene rings is 1. The lowest BCUT2D eigenvalue weighted by Gasteiger charge is -2.26. The van der Waals surface area contributed by atoms with Crippen LogP contribution in [0.5, 0.6) is 0 Å². The fraction of sp³-hybridized carbons (Fsp3) is 0.556. The van der Waals surface area contributed by atoms with Gasteiger partial charge in [-0.25, -0.2) is 8.42 Å². The average molecular weight is 367 g/mol. The Kier molecular flexibility index (Phi) is 5.87. The third-order valence-electron chi connectivity index (χ3n) is 4.68. The van der Waals surface area contributed by atoms with Crippen molar-refractivity contribution in [2.45, 2.75) is 45.8 Å². The molecular formula is C18H25NO5S. The Bertz CT molecular complexity index is 772. The average Bonchev–Trinajstić information content (AvgIpc) is 2.89. The van der Waals surface area contributed by atoms with Crippen LogP contribution in [-0.2, 0) is 30.6 Å². The lowest BCUT2D eigenvalue weighted by molar-refractivity contribution is -0.158. The van der Waals surface area contributed by atoms with Gasteiger partial charge in [0.25, 0.3) is 5.91 Å². The molecule has 0 radical (unpaired) electrons. The van der Waals surface area contributed by atoms with Gasteiger partial charge >= 0.3 is 5.97 Å². The molecule has 0 N–H and O–H groups in total. The van der Waals surface area contributed by atoms with Gasteiger partial charge in [-0.3, -0.25) is 9.59 Å². The molecule has 0 saturated carbocycles. The van der Waals surface area contributed by atoms with E-state index in [-0.39, 0.29) is 29.9 Å². The fourth-order valence-electron chi connectivity index (χ4n) is 2.92. The van der Waals surface area contributed by atoms with Crippen LogP contribution in [0.4, 0.5) is 0 Å². The first-order valence-corrected chi connectivity index (χ1v) is 10.1. The van der Waals surface area contributed by atoms with E-state index in [0.717, 1.165) is 16.7 Å². The van der Waals surface area contributed by atoms with Gasteiger partial charge in [-0.15, -0.1) is 0 Å². The molecule has 1 amide bonds. The number of carbonyl (C=O) groups is 2. The zero-order valence-electron chi connectivity index (χ0n) is 15.1. The molecule has 1 aromatic rings. The van der Waals surface area contributed by atoms with Gasteiger partial charge in [0.1, 0.15) is 0 Å². The zero-order valence-corrected chi connectivity index (χ0v) is 15.9. The van der Waals surface area contributed by atoms with Crippen molar-refractivity contribution in [1.29, 1.82) is 0 Å². The van der Waals surface area contributed by atoms with Crippen LogP contribution in [0.1, 0.15) is 30.0 Å². The van der Waals surface area contributed by atoms with Gasteiger partial charge in [0.05, 0.1) is 17.9 Å². The minimum absolute atomic E-state index is 0.0292. The van der Waals surface area contributed by atoms with Crippen molar-refractivity contribution in [3.8, 4) is 0 Å². The molecule has 1 heterocycles. The summed E-state index contributed by atoms with van der Waals surface area (Å²) in [7, 11) is -1.52. The standard InChI is InChI=1S/C18H25NO5S/c1-12-5-6-15(9-13(12)2)10-17(20)24-14(3)18(21)19(4)16-7-8-25(22,23)11-16/h5-6,9,14,16H,7-8,10-11H2,1-4H3/t14-,16-/m0/s1. The molecule has 1 fully saturated rings. The second-order valence-corrected chi connectivity index (χ2v) is 8.96. The number of hydrogen-bond donors (Lipinski definition) is 0. The van der Waals surface area contributed by atoms with Crippen LogP contribution < -0.4 is 0 Å². The first-order valence-electron chi connectivity index (χ1n) is 8.32. The van der Waals surface area contributed by atoms with E-state index in [2.05, 4.69) is 0 Å². The largest absolute Gasteiger partial charge is 0.452 e. The molecule has 1 aliphatic rings. The Morgan fingerprint density at radius 2 is 1.96 bits per heavy atom. The summed E-state index contributed by atoms with van der Waals surface area (Å²) < 4.78 is 28.3. The number of esters is 1. The van der Waals surface area contributed by atoms with E-state index in [0.29, 0.717) is 6.42 Å². The Hall–Kier alpha value is -1.89. The second-order valence-electron chi connectivity index (χ2n) is 6.73. The Labute approximate surface area is 149 Å². The maximum atomic E-state index is 12.4. The Morgan fingerprint density at radius 3 is 2.52 bits per heavy atom. The lowest BCUT2D eigenvalue weighted by atomic mass is 10.0. The van der Waals surface area contributed by atoms with Gasteiger partial charge in [0, 0.05) is 13.1 Å². The maximum absolute atomic E-state index is 12.4. The van der Waals surface area contributed by atoms with Gasteiger partial charge in [0.15, 0.2) is 15.9 Å². The fourth-order valence-corrected chi connectivity index (χ4v) is 4.69. The van der Waals surface area contributed by atoms with Crippen molar-refractivity contribution in [2.75, 3.05) is 18.6 Å². The van der Waals surface area contributed by atoms with Gasteiger partial charge in [-0.1, -0.05) is 18.2 Å². The number of aryl methyl sites for hydroxylation is 2. The summed E-state index contributed by atoms with van der Waals surface area (Å²) in [5.41, 5.74) is 3.08. The van der Waals surface area contributed by atoms with Crippen LogP contribution in [0.15, 0.2) is 18.2 Å². The summed E-state index contributed by atoms with van der Waals surface area (Å²) in [4.78, 5) is 25.9. The van der Waals surface area contributed by atoms with Crippen molar-refractivity contribution < 1.29 is 22.7 Å². The normalized spacial score (nSPS) is 20.1. The summed E-state index contributed by atoms with van der Waals surface area (Å²) in [5, 5.41) is 0. The van der Waals surface area contributed by atoms with Crippen molar-refractivity contribution >= 4 is 21.7 Å². The summed E-state index contributed by atoms with van der Waals surface area (Å²) in [6.45, 7) is 5.48. The number of ether oxygens (including phenoxy) is 1. The Morgan fingerprint density at radius 1 is 1.28 bits per heavy atom. The van der Waals surface area contributed by atoms with Crippen LogP contribution in [0.3, 0.4) is 0 Å². The van der Waals surface area contributed by atoms with Crippen LogP contribution in [0.25, 0.3) is 0 Å². The molecule has 2 atom stereocenters. The molecule has 1 aliphatic heterocycles. The predicted molar refractivity (Wildman–Crippen MR) is 95.0 cm³/mol.